The van der Waals surface area contributed by atoms with Crippen molar-refractivity contribution in [3.05, 3.63) is 29.8 Å². The molecule has 0 amide bonds. The molecular formula is C15H18O3. The van der Waals surface area contributed by atoms with Gasteiger partial charge in [0.2, 0.25) is 0 Å². The second kappa shape index (κ2) is 4.39. The molecule has 0 N–H and O–H groups in total. The number of ether oxygens (including phenoxy) is 2. The van der Waals surface area contributed by atoms with Gasteiger partial charge < -0.3 is 9.47 Å². The quantitative estimate of drug-likeness (QED) is 0.766. The fourth-order valence-corrected chi connectivity index (χ4v) is 2.33. The molecule has 96 valence electrons. The van der Waals surface area contributed by atoms with Gasteiger partial charge in [-0.15, -0.1) is 0 Å². The van der Waals surface area contributed by atoms with Crippen LogP contribution in [0.5, 0.6) is 5.75 Å². The van der Waals surface area contributed by atoms with E-state index in [0.717, 1.165) is 31.4 Å². The summed E-state index contributed by atoms with van der Waals surface area (Å²) < 4.78 is 11.2. The van der Waals surface area contributed by atoms with E-state index in [2.05, 4.69) is 0 Å². The van der Waals surface area contributed by atoms with Crippen LogP contribution in [0.1, 0.15) is 43.0 Å². The standard InChI is InChI=1S/C15H18O3/c1-15(9-2-10-17-15)14(16)11-3-5-12(6-4-11)18-13-7-8-13/h3-6,13H,2,7-10H2,1H3. The fourth-order valence-electron chi connectivity index (χ4n) is 2.33. The Hall–Kier alpha value is -1.35. The van der Waals surface area contributed by atoms with Crippen LogP contribution in [0.3, 0.4) is 0 Å². The lowest BCUT2D eigenvalue weighted by atomic mass is 9.92. The van der Waals surface area contributed by atoms with E-state index in [0.29, 0.717) is 18.3 Å². The van der Waals surface area contributed by atoms with Gasteiger partial charge in [-0.1, -0.05) is 0 Å². The van der Waals surface area contributed by atoms with Crippen molar-refractivity contribution in [1.82, 2.24) is 0 Å². The lowest BCUT2D eigenvalue weighted by Crippen LogP contribution is -2.34. The molecule has 0 spiro atoms. The van der Waals surface area contributed by atoms with Gasteiger partial charge in [-0.2, -0.15) is 0 Å². The summed E-state index contributed by atoms with van der Waals surface area (Å²) in [6.07, 6.45) is 4.46. The van der Waals surface area contributed by atoms with Gasteiger partial charge in [0.25, 0.3) is 0 Å². The third-order valence-electron chi connectivity index (χ3n) is 3.64. The highest BCUT2D eigenvalue weighted by molar-refractivity contribution is 6.02. The molecule has 1 aromatic carbocycles. The minimum atomic E-state index is -0.626. The van der Waals surface area contributed by atoms with Crippen LogP contribution in [0.25, 0.3) is 0 Å². The Morgan fingerprint density at radius 2 is 2.06 bits per heavy atom. The highest BCUT2D eigenvalue weighted by Crippen LogP contribution is 2.30. The summed E-state index contributed by atoms with van der Waals surface area (Å²) in [7, 11) is 0. The first-order valence-electron chi connectivity index (χ1n) is 6.63. The fraction of sp³-hybridized carbons (Fsp3) is 0.533. The molecule has 2 aliphatic rings. The topological polar surface area (TPSA) is 35.5 Å². The van der Waals surface area contributed by atoms with Gasteiger partial charge in [0.1, 0.15) is 11.4 Å². The third-order valence-corrected chi connectivity index (χ3v) is 3.64. The Morgan fingerprint density at radius 1 is 1.33 bits per heavy atom. The van der Waals surface area contributed by atoms with E-state index in [4.69, 9.17) is 9.47 Å². The van der Waals surface area contributed by atoms with Crippen molar-refractivity contribution in [3.8, 4) is 5.75 Å². The van der Waals surface area contributed by atoms with Crippen molar-refractivity contribution in [2.45, 2.75) is 44.3 Å². The van der Waals surface area contributed by atoms with Gasteiger partial charge in [0, 0.05) is 12.2 Å². The summed E-state index contributed by atoms with van der Waals surface area (Å²) in [6, 6.07) is 7.44. The molecule has 1 heterocycles. The SMILES string of the molecule is CC1(C(=O)c2ccc(OC3CC3)cc2)CCCO1. The van der Waals surface area contributed by atoms with Crippen LogP contribution >= 0.6 is 0 Å². The molecule has 18 heavy (non-hydrogen) atoms. The molecule has 1 aromatic rings. The third kappa shape index (κ3) is 2.27. The van der Waals surface area contributed by atoms with Crippen LogP contribution in [0.4, 0.5) is 0 Å². The number of ketones is 1. The Morgan fingerprint density at radius 3 is 2.61 bits per heavy atom. The van der Waals surface area contributed by atoms with E-state index in [-0.39, 0.29) is 5.78 Å². The van der Waals surface area contributed by atoms with Gasteiger partial charge in [-0.25, -0.2) is 0 Å². The van der Waals surface area contributed by atoms with Gasteiger partial charge >= 0.3 is 0 Å². The molecule has 3 heteroatoms. The zero-order valence-electron chi connectivity index (χ0n) is 10.6. The normalized spacial score (nSPS) is 27.2. The molecule has 2 fully saturated rings. The molecule has 3 rings (SSSR count). The Balaban J connectivity index is 1.73. The Labute approximate surface area is 107 Å². The van der Waals surface area contributed by atoms with Crippen molar-refractivity contribution >= 4 is 5.78 Å². The number of rotatable bonds is 4. The number of hydrogen-bond donors (Lipinski definition) is 0. The first-order valence-corrected chi connectivity index (χ1v) is 6.63. The molecule has 1 saturated carbocycles. The predicted molar refractivity (Wildman–Crippen MR) is 68.0 cm³/mol. The molecule has 3 nitrogen and oxygen atoms in total. The molecule has 1 unspecified atom stereocenters. The second-order valence-corrected chi connectivity index (χ2v) is 5.35. The average molecular weight is 246 g/mol. The zero-order valence-corrected chi connectivity index (χ0v) is 10.6. The summed E-state index contributed by atoms with van der Waals surface area (Å²) in [5.41, 5.74) is 0.0846. The summed E-state index contributed by atoms with van der Waals surface area (Å²) in [5, 5.41) is 0. The Bertz CT molecular complexity index is 439. The van der Waals surface area contributed by atoms with Crippen LogP contribution in [0, 0.1) is 0 Å². The van der Waals surface area contributed by atoms with Crippen LogP contribution in [0.15, 0.2) is 24.3 Å². The Kier molecular flexibility index (Phi) is 2.86. The average Bonchev–Trinajstić information content (AvgIpc) is 3.09. The summed E-state index contributed by atoms with van der Waals surface area (Å²) in [5.74, 6) is 0.935. The lowest BCUT2D eigenvalue weighted by molar-refractivity contribution is 0.0213. The van der Waals surface area contributed by atoms with Crippen LogP contribution < -0.4 is 4.74 Å². The van der Waals surface area contributed by atoms with Gasteiger partial charge in [-0.3, -0.25) is 4.79 Å². The van der Waals surface area contributed by atoms with E-state index in [9.17, 15) is 4.79 Å². The number of carbonyl (C=O) groups excluding carboxylic acids is 1. The first kappa shape index (κ1) is 11.7. The highest BCUT2D eigenvalue weighted by atomic mass is 16.5. The molecule has 1 atom stereocenters. The summed E-state index contributed by atoms with van der Waals surface area (Å²) in [6.45, 7) is 2.57. The predicted octanol–water partition coefficient (Wildman–Crippen LogP) is 2.98. The maximum Gasteiger partial charge on any atom is 0.194 e. The maximum atomic E-state index is 12.3. The van der Waals surface area contributed by atoms with E-state index in [1.54, 1.807) is 0 Å². The monoisotopic (exact) mass is 246 g/mol. The smallest absolute Gasteiger partial charge is 0.194 e. The highest BCUT2D eigenvalue weighted by Gasteiger charge is 2.38. The maximum absolute atomic E-state index is 12.3. The van der Waals surface area contributed by atoms with Crippen molar-refractivity contribution in [2.75, 3.05) is 6.61 Å². The number of carbonyl (C=O) groups is 1. The molecule has 1 saturated heterocycles. The van der Waals surface area contributed by atoms with E-state index in [1.165, 1.54) is 0 Å². The summed E-state index contributed by atoms with van der Waals surface area (Å²) >= 11 is 0. The van der Waals surface area contributed by atoms with Gasteiger partial charge in [-0.05, 0) is 56.9 Å². The van der Waals surface area contributed by atoms with Crippen LogP contribution in [0.2, 0.25) is 0 Å². The van der Waals surface area contributed by atoms with Crippen LogP contribution in [-0.2, 0) is 4.74 Å². The molecule has 0 bridgehead atoms. The minimum Gasteiger partial charge on any atom is -0.490 e. The molecule has 0 radical (unpaired) electrons. The van der Waals surface area contributed by atoms with Gasteiger partial charge in [0.05, 0.1) is 6.10 Å². The largest absolute Gasteiger partial charge is 0.490 e. The number of benzene rings is 1. The van der Waals surface area contributed by atoms with E-state index < -0.39 is 5.60 Å². The van der Waals surface area contributed by atoms with Crippen LogP contribution in [-0.4, -0.2) is 24.1 Å². The zero-order chi connectivity index (χ0) is 12.6. The lowest BCUT2D eigenvalue weighted by Gasteiger charge is -2.21. The molecule has 1 aliphatic carbocycles. The molecule has 0 aromatic heterocycles. The summed E-state index contributed by atoms with van der Waals surface area (Å²) in [4.78, 5) is 12.3. The molecular weight excluding hydrogens is 228 g/mol. The van der Waals surface area contributed by atoms with Crippen molar-refractivity contribution in [2.24, 2.45) is 0 Å². The minimum absolute atomic E-state index is 0.0815. The number of hydrogen-bond acceptors (Lipinski definition) is 3. The van der Waals surface area contributed by atoms with Crippen molar-refractivity contribution in [1.29, 1.82) is 0 Å². The van der Waals surface area contributed by atoms with Crippen molar-refractivity contribution in [3.63, 3.8) is 0 Å². The molecule has 1 aliphatic heterocycles. The van der Waals surface area contributed by atoms with Crippen molar-refractivity contribution < 1.29 is 14.3 Å². The second-order valence-electron chi connectivity index (χ2n) is 5.35. The first-order chi connectivity index (χ1) is 8.67. The van der Waals surface area contributed by atoms with Gasteiger partial charge in [0.15, 0.2) is 5.78 Å². The number of Topliss-reactive ketones (excluding diaryl/α,β-unsaturated/α-hetero) is 1. The van der Waals surface area contributed by atoms with E-state index >= 15 is 0 Å². The van der Waals surface area contributed by atoms with E-state index in [1.807, 2.05) is 31.2 Å².